The molecule has 5 heteroatoms. The fourth-order valence-corrected chi connectivity index (χ4v) is 2.38. The number of ether oxygens (including phenoxy) is 1. The maximum absolute atomic E-state index is 11.7. The maximum Gasteiger partial charge on any atom is 0.354 e. The minimum absolute atomic E-state index is 0.279. The summed E-state index contributed by atoms with van der Waals surface area (Å²) < 4.78 is 6.88. The van der Waals surface area contributed by atoms with Crippen LogP contribution in [0.4, 0.5) is 0 Å². The number of carbonyl (C=O) groups excluding carboxylic acids is 1. The Balaban J connectivity index is 2.16. The standard InChI is InChI=1S/C12H14N2O2S/c1-3-16-12(15)11-5-4-6-14(11)8-10-7-13-9(2)17-10/h4-7H,3,8H2,1-2H3. The van der Waals surface area contributed by atoms with Crippen LogP contribution in [0.1, 0.15) is 27.3 Å². The highest BCUT2D eigenvalue weighted by Crippen LogP contribution is 2.15. The highest BCUT2D eigenvalue weighted by molar-refractivity contribution is 7.11. The first-order valence-corrected chi connectivity index (χ1v) is 6.26. The molecule has 0 aliphatic carbocycles. The molecule has 0 atom stereocenters. The topological polar surface area (TPSA) is 44.1 Å². The monoisotopic (exact) mass is 250 g/mol. The van der Waals surface area contributed by atoms with Crippen molar-refractivity contribution in [1.29, 1.82) is 0 Å². The molecule has 0 aliphatic rings. The number of aromatic nitrogens is 2. The molecule has 4 nitrogen and oxygen atoms in total. The Morgan fingerprint density at radius 3 is 3.06 bits per heavy atom. The van der Waals surface area contributed by atoms with Crippen molar-refractivity contribution in [3.63, 3.8) is 0 Å². The lowest BCUT2D eigenvalue weighted by Crippen LogP contribution is -2.11. The largest absolute Gasteiger partial charge is 0.461 e. The first kappa shape index (κ1) is 11.9. The van der Waals surface area contributed by atoms with Crippen LogP contribution in [0, 0.1) is 6.92 Å². The van der Waals surface area contributed by atoms with Crippen LogP contribution >= 0.6 is 11.3 Å². The third kappa shape index (κ3) is 2.74. The molecule has 2 aromatic rings. The summed E-state index contributed by atoms with van der Waals surface area (Å²) in [5, 5.41) is 1.03. The van der Waals surface area contributed by atoms with Gasteiger partial charge >= 0.3 is 5.97 Å². The lowest BCUT2D eigenvalue weighted by molar-refractivity contribution is 0.0514. The van der Waals surface area contributed by atoms with E-state index in [2.05, 4.69) is 4.98 Å². The molecule has 2 aromatic heterocycles. The van der Waals surface area contributed by atoms with E-state index >= 15 is 0 Å². The van der Waals surface area contributed by atoms with Crippen LogP contribution in [0.2, 0.25) is 0 Å². The van der Waals surface area contributed by atoms with Crippen molar-refractivity contribution >= 4 is 17.3 Å². The molecule has 0 amide bonds. The predicted molar refractivity (Wildman–Crippen MR) is 66.3 cm³/mol. The van der Waals surface area contributed by atoms with E-state index in [1.807, 2.05) is 30.0 Å². The summed E-state index contributed by atoms with van der Waals surface area (Å²) in [6, 6.07) is 3.62. The van der Waals surface area contributed by atoms with E-state index in [-0.39, 0.29) is 5.97 Å². The Hall–Kier alpha value is -1.62. The fourth-order valence-electron chi connectivity index (χ4n) is 1.59. The number of carbonyl (C=O) groups is 1. The van der Waals surface area contributed by atoms with Gasteiger partial charge in [-0.05, 0) is 26.0 Å². The second-order valence-electron chi connectivity index (χ2n) is 3.59. The number of hydrogen-bond acceptors (Lipinski definition) is 4. The van der Waals surface area contributed by atoms with Crippen molar-refractivity contribution in [2.24, 2.45) is 0 Å². The van der Waals surface area contributed by atoms with Crippen LogP contribution in [0.15, 0.2) is 24.5 Å². The van der Waals surface area contributed by atoms with Crippen LogP contribution in [0.5, 0.6) is 0 Å². The summed E-state index contributed by atoms with van der Waals surface area (Å²) in [5.41, 5.74) is 0.581. The average molecular weight is 250 g/mol. The van der Waals surface area contributed by atoms with Gasteiger partial charge in [0.2, 0.25) is 0 Å². The van der Waals surface area contributed by atoms with Gasteiger partial charge in [-0.2, -0.15) is 0 Å². The summed E-state index contributed by atoms with van der Waals surface area (Å²) in [4.78, 5) is 17.0. The van der Waals surface area contributed by atoms with Gasteiger partial charge in [-0.25, -0.2) is 9.78 Å². The molecular formula is C12H14N2O2S. The van der Waals surface area contributed by atoms with Gasteiger partial charge in [-0.3, -0.25) is 0 Å². The zero-order chi connectivity index (χ0) is 12.3. The summed E-state index contributed by atoms with van der Waals surface area (Å²) in [5.74, 6) is -0.279. The Kier molecular flexibility index (Phi) is 3.58. The molecule has 0 aromatic carbocycles. The molecule has 0 saturated carbocycles. The van der Waals surface area contributed by atoms with E-state index in [0.717, 1.165) is 9.88 Å². The number of nitrogens with zero attached hydrogens (tertiary/aromatic N) is 2. The Bertz CT molecular complexity index is 516. The molecule has 2 rings (SSSR count). The van der Waals surface area contributed by atoms with E-state index in [1.54, 1.807) is 24.3 Å². The zero-order valence-electron chi connectivity index (χ0n) is 9.84. The quantitative estimate of drug-likeness (QED) is 0.783. The van der Waals surface area contributed by atoms with Crippen LogP contribution in [-0.4, -0.2) is 22.1 Å². The Morgan fingerprint density at radius 2 is 2.41 bits per heavy atom. The summed E-state index contributed by atoms with van der Waals surface area (Å²) in [6.45, 7) is 4.82. The van der Waals surface area contributed by atoms with Gasteiger partial charge in [-0.15, -0.1) is 11.3 Å². The van der Waals surface area contributed by atoms with Gasteiger partial charge in [0.15, 0.2) is 0 Å². The summed E-state index contributed by atoms with van der Waals surface area (Å²) >= 11 is 1.64. The second kappa shape index (κ2) is 5.14. The van der Waals surface area contributed by atoms with Crippen molar-refractivity contribution in [3.05, 3.63) is 40.1 Å². The Labute approximate surface area is 104 Å². The molecule has 2 heterocycles. The molecule has 0 fully saturated rings. The van der Waals surface area contributed by atoms with Gasteiger partial charge in [0.25, 0.3) is 0 Å². The van der Waals surface area contributed by atoms with E-state index in [9.17, 15) is 4.79 Å². The predicted octanol–water partition coefficient (Wildman–Crippen LogP) is 2.48. The number of thiazole rings is 1. The highest BCUT2D eigenvalue weighted by atomic mass is 32.1. The van der Waals surface area contributed by atoms with Gasteiger partial charge in [-0.1, -0.05) is 0 Å². The first-order chi connectivity index (χ1) is 8.20. The summed E-state index contributed by atoms with van der Waals surface area (Å²) in [7, 11) is 0. The fraction of sp³-hybridized carbons (Fsp3) is 0.333. The number of esters is 1. The zero-order valence-corrected chi connectivity index (χ0v) is 10.7. The summed E-state index contributed by atoms with van der Waals surface area (Å²) in [6.07, 6.45) is 3.72. The number of rotatable bonds is 4. The molecule has 0 saturated heterocycles. The molecule has 0 N–H and O–H groups in total. The van der Waals surface area contributed by atoms with Crippen molar-refractivity contribution in [2.45, 2.75) is 20.4 Å². The van der Waals surface area contributed by atoms with E-state index in [4.69, 9.17) is 4.74 Å². The lowest BCUT2D eigenvalue weighted by atomic mass is 10.4. The smallest absolute Gasteiger partial charge is 0.354 e. The number of hydrogen-bond donors (Lipinski definition) is 0. The van der Waals surface area contributed by atoms with Crippen molar-refractivity contribution in [3.8, 4) is 0 Å². The van der Waals surface area contributed by atoms with Crippen molar-refractivity contribution in [2.75, 3.05) is 6.61 Å². The molecule has 0 aliphatic heterocycles. The SMILES string of the molecule is CCOC(=O)c1cccn1Cc1cnc(C)s1. The van der Waals surface area contributed by atoms with Crippen LogP contribution < -0.4 is 0 Å². The normalized spacial score (nSPS) is 10.5. The molecule has 17 heavy (non-hydrogen) atoms. The minimum Gasteiger partial charge on any atom is -0.461 e. The number of aryl methyl sites for hydroxylation is 1. The second-order valence-corrected chi connectivity index (χ2v) is 4.91. The van der Waals surface area contributed by atoms with Gasteiger partial charge < -0.3 is 9.30 Å². The van der Waals surface area contributed by atoms with Crippen LogP contribution in [0.25, 0.3) is 0 Å². The lowest BCUT2D eigenvalue weighted by Gasteiger charge is -2.06. The Morgan fingerprint density at radius 1 is 1.59 bits per heavy atom. The minimum atomic E-state index is -0.279. The average Bonchev–Trinajstić information content (AvgIpc) is 2.89. The van der Waals surface area contributed by atoms with E-state index in [0.29, 0.717) is 18.8 Å². The third-order valence-corrected chi connectivity index (χ3v) is 3.21. The van der Waals surface area contributed by atoms with E-state index < -0.39 is 0 Å². The van der Waals surface area contributed by atoms with Gasteiger partial charge in [0.05, 0.1) is 18.2 Å². The van der Waals surface area contributed by atoms with Gasteiger partial charge in [0.1, 0.15) is 5.69 Å². The molecule has 0 radical (unpaired) electrons. The molecular weight excluding hydrogens is 236 g/mol. The molecule has 0 spiro atoms. The van der Waals surface area contributed by atoms with Gasteiger partial charge in [0, 0.05) is 17.3 Å². The molecule has 90 valence electrons. The molecule has 0 unspecified atom stereocenters. The van der Waals surface area contributed by atoms with Crippen molar-refractivity contribution in [1.82, 2.24) is 9.55 Å². The van der Waals surface area contributed by atoms with E-state index in [1.165, 1.54) is 0 Å². The van der Waals surface area contributed by atoms with Crippen LogP contribution in [-0.2, 0) is 11.3 Å². The maximum atomic E-state index is 11.7. The highest BCUT2D eigenvalue weighted by Gasteiger charge is 2.12. The van der Waals surface area contributed by atoms with Crippen LogP contribution in [0.3, 0.4) is 0 Å². The third-order valence-electron chi connectivity index (χ3n) is 2.31. The van der Waals surface area contributed by atoms with Crippen molar-refractivity contribution < 1.29 is 9.53 Å². The first-order valence-electron chi connectivity index (χ1n) is 5.44. The molecule has 0 bridgehead atoms.